The van der Waals surface area contributed by atoms with Crippen LogP contribution in [0.25, 0.3) is 6.08 Å². The van der Waals surface area contributed by atoms with Gasteiger partial charge < -0.3 is 4.74 Å². The Morgan fingerprint density at radius 1 is 1.50 bits per heavy atom. The minimum absolute atomic E-state index is 0.700. The van der Waals surface area contributed by atoms with E-state index in [1.807, 2.05) is 12.1 Å². The Kier molecular flexibility index (Phi) is 4.54. The molecule has 0 bridgehead atoms. The first-order valence-electron chi connectivity index (χ1n) is 4.67. The van der Waals surface area contributed by atoms with E-state index >= 15 is 0 Å². The summed E-state index contributed by atoms with van der Waals surface area (Å²) in [6.45, 7) is 3.73. The van der Waals surface area contributed by atoms with Gasteiger partial charge in [-0.05, 0) is 24.5 Å². The van der Waals surface area contributed by atoms with Crippen LogP contribution in [0.2, 0.25) is 0 Å². The minimum Gasteiger partial charge on any atom is -0.496 e. The van der Waals surface area contributed by atoms with E-state index in [0.717, 1.165) is 24.2 Å². The van der Waals surface area contributed by atoms with Crippen LogP contribution in [0.15, 0.2) is 24.8 Å². The van der Waals surface area contributed by atoms with Crippen molar-refractivity contribution in [2.24, 2.45) is 0 Å². The fraction of sp³-hybridized carbons (Fsp3) is 0.333. The molecule has 0 heterocycles. The van der Waals surface area contributed by atoms with E-state index in [9.17, 15) is 0 Å². The maximum Gasteiger partial charge on any atom is 0.126 e. The van der Waals surface area contributed by atoms with Crippen molar-refractivity contribution in [3.05, 3.63) is 35.9 Å². The zero-order valence-electron chi connectivity index (χ0n) is 8.42. The third-order valence-corrected chi connectivity index (χ3v) is 2.38. The molecule has 0 fully saturated rings. The Labute approximate surface area is 90.3 Å². The number of rotatable bonds is 5. The molecule has 0 saturated heterocycles. The molecule has 0 aliphatic carbocycles. The number of hydrogen-bond donors (Lipinski definition) is 0. The molecule has 0 unspecified atom stereocenters. The standard InChI is InChI=1S/C12H15ClO/c1-3-11-7-6-10(5-4-8-13)9-12(11)14-2/h3,6-7,9H,1,4-5,8H2,2H3. The summed E-state index contributed by atoms with van der Waals surface area (Å²) in [4.78, 5) is 0. The summed E-state index contributed by atoms with van der Waals surface area (Å²) in [7, 11) is 1.67. The monoisotopic (exact) mass is 210 g/mol. The molecule has 2 heteroatoms. The van der Waals surface area contributed by atoms with Crippen LogP contribution in [-0.2, 0) is 6.42 Å². The Hall–Kier alpha value is -0.950. The zero-order chi connectivity index (χ0) is 10.4. The largest absolute Gasteiger partial charge is 0.496 e. The summed E-state index contributed by atoms with van der Waals surface area (Å²) in [5, 5.41) is 0. The number of halogens is 1. The van der Waals surface area contributed by atoms with Crippen molar-refractivity contribution in [3.8, 4) is 5.75 Å². The second-order valence-electron chi connectivity index (χ2n) is 3.07. The second kappa shape index (κ2) is 5.71. The molecule has 1 aromatic rings. The number of benzene rings is 1. The third-order valence-electron chi connectivity index (χ3n) is 2.12. The number of alkyl halides is 1. The predicted molar refractivity (Wildman–Crippen MR) is 62.1 cm³/mol. The third kappa shape index (κ3) is 2.78. The van der Waals surface area contributed by atoms with Crippen LogP contribution in [-0.4, -0.2) is 13.0 Å². The van der Waals surface area contributed by atoms with E-state index < -0.39 is 0 Å². The number of hydrogen-bond acceptors (Lipinski definition) is 1. The van der Waals surface area contributed by atoms with Gasteiger partial charge in [0.05, 0.1) is 7.11 Å². The molecular formula is C12H15ClO. The molecule has 0 spiro atoms. The van der Waals surface area contributed by atoms with E-state index in [4.69, 9.17) is 16.3 Å². The average molecular weight is 211 g/mol. The van der Waals surface area contributed by atoms with E-state index in [1.54, 1.807) is 13.2 Å². The summed E-state index contributed by atoms with van der Waals surface area (Å²) in [5.74, 6) is 1.58. The highest BCUT2D eigenvalue weighted by atomic mass is 35.5. The van der Waals surface area contributed by atoms with E-state index in [-0.39, 0.29) is 0 Å². The van der Waals surface area contributed by atoms with Crippen LogP contribution >= 0.6 is 11.6 Å². The van der Waals surface area contributed by atoms with Gasteiger partial charge in [-0.15, -0.1) is 11.6 Å². The van der Waals surface area contributed by atoms with Crippen LogP contribution < -0.4 is 4.74 Å². The predicted octanol–water partition coefficient (Wildman–Crippen LogP) is 3.51. The van der Waals surface area contributed by atoms with E-state index in [2.05, 4.69) is 12.6 Å². The van der Waals surface area contributed by atoms with Crippen molar-refractivity contribution < 1.29 is 4.74 Å². The number of methoxy groups -OCH3 is 1. The van der Waals surface area contributed by atoms with Gasteiger partial charge in [0.25, 0.3) is 0 Å². The normalized spacial score (nSPS) is 9.86. The van der Waals surface area contributed by atoms with E-state index in [1.165, 1.54) is 5.56 Å². The quantitative estimate of drug-likeness (QED) is 0.676. The van der Waals surface area contributed by atoms with Crippen LogP contribution in [0.5, 0.6) is 5.75 Å². The first kappa shape index (κ1) is 11.1. The lowest BCUT2D eigenvalue weighted by atomic mass is 10.1. The van der Waals surface area contributed by atoms with Gasteiger partial charge in [-0.1, -0.05) is 24.8 Å². The highest BCUT2D eigenvalue weighted by Gasteiger charge is 2.00. The van der Waals surface area contributed by atoms with Gasteiger partial charge in [0.2, 0.25) is 0 Å². The first-order chi connectivity index (χ1) is 6.81. The SMILES string of the molecule is C=Cc1ccc(CCCCl)cc1OC. The Balaban J connectivity index is 2.84. The molecule has 0 aliphatic heterocycles. The van der Waals surface area contributed by atoms with Gasteiger partial charge in [0.1, 0.15) is 5.75 Å². The van der Waals surface area contributed by atoms with Crippen molar-refractivity contribution in [2.75, 3.05) is 13.0 Å². The summed E-state index contributed by atoms with van der Waals surface area (Å²) in [6.07, 6.45) is 3.79. The molecule has 0 amide bonds. The van der Waals surface area contributed by atoms with Gasteiger partial charge in [-0.25, -0.2) is 0 Å². The number of ether oxygens (including phenoxy) is 1. The van der Waals surface area contributed by atoms with Crippen LogP contribution in [0.1, 0.15) is 17.5 Å². The molecular weight excluding hydrogens is 196 g/mol. The molecule has 1 rings (SSSR count). The van der Waals surface area contributed by atoms with Gasteiger partial charge in [0, 0.05) is 11.4 Å². The average Bonchev–Trinajstić information content (AvgIpc) is 2.25. The van der Waals surface area contributed by atoms with Crippen molar-refractivity contribution in [1.29, 1.82) is 0 Å². The fourth-order valence-corrected chi connectivity index (χ4v) is 1.48. The van der Waals surface area contributed by atoms with Crippen LogP contribution in [0.3, 0.4) is 0 Å². The Morgan fingerprint density at radius 3 is 2.86 bits per heavy atom. The molecule has 0 saturated carbocycles. The summed E-state index contributed by atoms with van der Waals surface area (Å²) >= 11 is 5.64. The summed E-state index contributed by atoms with van der Waals surface area (Å²) < 4.78 is 5.25. The van der Waals surface area contributed by atoms with Gasteiger partial charge >= 0.3 is 0 Å². The lowest BCUT2D eigenvalue weighted by molar-refractivity contribution is 0.413. The minimum atomic E-state index is 0.700. The summed E-state index contributed by atoms with van der Waals surface area (Å²) in [6, 6.07) is 6.16. The number of aryl methyl sites for hydroxylation is 1. The highest BCUT2D eigenvalue weighted by Crippen LogP contribution is 2.21. The molecule has 0 atom stereocenters. The lowest BCUT2D eigenvalue weighted by Crippen LogP contribution is -1.91. The van der Waals surface area contributed by atoms with Gasteiger partial charge in [0.15, 0.2) is 0 Å². The Morgan fingerprint density at radius 2 is 2.29 bits per heavy atom. The lowest BCUT2D eigenvalue weighted by Gasteiger charge is -2.07. The molecule has 1 nitrogen and oxygen atoms in total. The smallest absolute Gasteiger partial charge is 0.126 e. The van der Waals surface area contributed by atoms with Crippen molar-refractivity contribution in [3.63, 3.8) is 0 Å². The first-order valence-corrected chi connectivity index (χ1v) is 5.20. The molecule has 0 radical (unpaired) electrons. The summed E-state index contributed by atoms with van der Waals surface area (Å²) in [5.41, 5.74) is 2.29. The maximum absolute atomic E-state index is 5.64. The van der Waals surface area contributed by atoms with Gasteiger partial charge in [-0.3, -0.25) is 0 Å². The van der Waals surface area contributed by atoms with Crippen molar-refractivity contribution in [1.82, 2.24) is 0 Å². The highest BCUT2D eigenvalue weighted by molar-refractivity contribution is 6.17. The fourth-order valence-electron chi connectivity index (χ4n) is 1.35. The van der Waals surface area contributed by atoms with Crippen molar-refractivity contribution in [2.45, 2.75) is 12.8 Å². The molecule has 0 aliphatic rings. The van der Waals surface area contributed by atoms with E-state index in [0.29, 0.717) is 5.88 Å². The van der Waals surface area contributed by atoms with Crippen LogP contribution in [0.4, 0.5) is 0 Å². The maximum atomic E-state index is 5.64. The molecule has 0 aromatic heterocycles. The molecule has 0 N–H and O–H groups in total. The topological polar surface area (TPSA) is 9.23 Å². The zero-order valence-corrected chi connectivity index (χ0v) is 9.18. The molecule has 1 aromatic carbocycles. The van der Waals surface area contributed by atoms with Crippen molar-refractivity contribution >= 4 is 17.7 Å². The Bertz CT molecular complexity index is 307. The van der Waals surface area contributed by atoms with Gasteiger partial charge in [-0.2, -0.15) is 0 Å². The second-order valence-corrected chi connectivity index (χ2v) is 3.45. The van der Waals surface area contributed by atoms with Crippen LogP contribution in [0, 0.1) is 0 Å². The molecule has 76 valence electrons. The molecule has 14 heavy (non-hydrogen) atoms.